The van der Waals surface area contributed by atoms with Gasteiger partial charge in [0, 0.05) is 5.56 Å². The molecule has 2 aromatic rings. The Morgan fingerprint density at radius 1 is 1.19 bits per heavy atom. The predicted octanol–water partition coefficient (Wildman–Crippen LogP) is 2.42. The van der Waals surface area contributed by atoms with Crippen LogP contribution < -0.4 is 9.47 Å². The van der Waals surface area contributed by atoms with E-state index in [-0.39, 0.29) is 0 Å². The lowest BCUT2D eigenvalue weighted by Gasteiger charge is -2.05. The average Bonchev–Trinajstić information content (AvgIpc) is 2.87. The monoisotopic (exact) mass is 216 g/mol. The van der Waals surface area contributed by atoms with Crippen molar-refractivity contribution in [2.24, 2.45) is 0 Å². The maximum atomic E-state index is 5.50. The normalized spacial score (nSPS) is 13.1. The highest BCUT2D eigenvalue weighted by Crippen LogP contribution is 2.42. The van der Waals surface area contributed by atoms with E-state index in [1.807, 2.05) is 32.2 Å². The minimum atomic E-state index is 0.292. The Morgan fingerprint density at radius 2 is 2.00 bits per heavy atom. The molecule has 0 saturated carbocycles. The van der Waals surface area contributed by atoms with Crippen LogP contribution in [0.2, 0.25) is 0 Å². The number of hydrogen-bond acceptors (Lipinski definition) is 3. The van der Waals surface area contributed by atoms with Crippen molar-refractivity contribution in [1.29, 1.82) is 0 Å². The topological polar surface area (TPSA) is 47.1 Å². The first-order chi connectivity index (χ1) is 7.75. The van der Waals surface area contributed by atoms with Gasteiger partial charge in [0.1, 0.15) is 5.82 Å². The quantitative estimate of drug-likeness (QED) is 0.796. The summed E-state index contributed by atoms with van der Waals surface area (Å²) in [6, 6.07) is 4.05. The smallest absolute Gasteiger partial charge is 0.231 e. The summed E-state index contributed by atoms with van der Waals surface area (Å²) in [5.41, 5.74) is 3.05. The van der Waals surface area contributed by atoms with Gasteiger partial charge in [-0.1, -0.05) is 6.07 Å². The number of nitrogens with zero attached hydrogens (tertiary/aromatic N) is 1. The van der Waals surface area contributed by atoms with E-state index in [1.54, 1.807) is 0 Å². The Morgan fingerprint density at radius 3 is 2.75 bits per heavy atom. The zero-order chi connectivity index (χ0) is 11.1. The number of aromatic nitrogens is 2. The van der Waals surface area contributed by atoms with Crippen molar-refractivity contribution in [3.63, 3.8) is 0 Å². The van der Waals surface area contributed by atoms with Crippen molar-refractivity contribution >= 4 is 0 Å². The van der Waals surface area contributed by atoms with Crippen molar-refractivity contribution in [3.05, 3.63) is 29.7 Å². The molecular weight excluding hydrogens is 204 g/mol. The zero-order valence-electron chi connectivity index (χ0n) is 9.20. The molecule has 4 nitrogen and oxygen atoms in total. The van der Waals surface area contributed by atoms with E-state index in [2.05, 4.69) is 9.97 Å². The largest absolute Gasteiger partial charge is 0.453 e. The fourth-order valence-electron chi connectivity index (χ4n) is 1.90. The first kappa shape index (κ1) is 9.27. The average molecular weight is 216 g/mol. The van der Waals surface area contributed by atoms with Crippen LogP contribution in [0, 0.1) is 13.8 Å². The second-order valence-electron chi connectivity index (χ2n) is 3.88. The van der Waals surface area contributed by atoms with Crippen LogP contribution >= 0.6 is 0 Å². The van der Waals surface area contributed by atoms with Crippen molar-refractivity contribution < 1.29 is 9.47 Å². The number of ether oxygens (including phenoxy) is 2. The lowest BCUT2D eigenvalue weighted by atomic mass is 10.1. The molecule has 3 rings (SSSR count). The Hall–Kier alpha value is -1.97. The van der Waals surface area contributed by atoms with Crippen LogP contribution in [-0.4, -0.2) is 16.8 Å². The lowest BCUT2D eigenvalue weighted by molar-refractivity contribution is 0.173. The van der Waals surface area contributed by atoms with Gasteiger partial charge in [0.2, 0.25) is 6.79 Å². The van der Waals surface area contributed by atoms with Crippen LogP contribution in [0.4, 0.5) is 0 Å². The van der Waals surface area contributed by atoms with Gasteiger partial charge in [0.25, 0.3) is 0 Å². The molecule has 1 aromatic heterocycles. The number of aromatic amines is 1. The number of nitrogens with one attached hydrogen (secondary N) is 1. The highest BCUT2D eigenvalue weighted by atomic mass is 16.7. The molecule has 16 heavy (non-hydrogen) atoms. The number of H-pyrrole nitrogens is 1. The van der Waals surface area contributed by atoms with Crippen molar-refractivity contribution in [3.8, 4) is 22.8 Å². The molecule has 2 heterocycles. The molecule has 1 aliphatic rings. The minimum Gasteiger partial charge on any atom is -0.453 e. The second kappa shape index (κ2) is 3.27. The fourth-order valence-corrected chi connectivity index (χ4v) is 1.90. The summed E-state index contributed by atoms with van der Waals surface area (Å²) in [5, 5.41) is 0. The summed E-state index contributed by atoms with van der Waals surface area (Å²) in [5.74, 6) is 2.54. The molecule has 82 valence electrons. The number of rotatable bonds is 1. The standard InChI is InChI=1S/C12H12N2O2/c1-7-3-4-9(10-5-13-8(2)14-10)12-11(7)15-6-16-12/h3-5H,6H2,1-2H3,(H,13,14). The maximum absolute atomic E-state index is 5.50. The van der Waals surface area contributed by atoms with Crippen LogP contribution in [0.25, 0.3) is 11.3 Å². The van der Waals surface area contributed by atoms with Gasteiger partial charge in [-0.05, 0) is 25.5 Å². The SMILES string of the molecule is Cc1ncc(-c2ccc(C)c3c2OCO3)[nH]1. The summed E-state index contributed by atoms with van der Waals surface area (Å²) >= 11 is 0. The molecule has 0 amide bonds. The zero-order valence-corrected chi connectivity index (χ0v) is 9.20. The molecule has 4 heteroatoms. The van der Waals surface area contributed by atoms with Crippen LogP contribution in [0.3, 0.4) is 0 Å². The van der Waals surface area contributed by atoms with Crippen LogP contribution in [-0.2, 0) is 0 Å². The predicted molar refractivity (Wildman–Crippen MR) is 59.6 cm³/mol. The summed E-state index contributed by atoms with van der Waals surface area (Å²) < 4.78 is 10.9. The summed E-state index contributed by atoms with van der Waals surface area (Å²) in [6.07, 6.45) is 1.81. The van der Waals surface area contributed by atoms with Gasteiger partial charge in [0.05, 0.1) is 11.9 Å². The Kier molecular flexibility index (Phi) is 1.89. The van der Waals surface area contributed by atoms with Gasteiger partial charge in [-0.2, -0.15) is 0 Å². The number of benzene rings is 1. The second-order valence-corrected chi connectivity index (χ2v) is 3.88. The third-order valence-electron chi connectivity index (χ3n) is 2.71. The Bertz CT molecular complexity index is 546. The maximum Gasteiger partial charge on any atom is 0.231 e. The molecule has 0 bridgehead atoms. The Labute approximate surface area is 93.2 Å². The molecule has 0 unspecified atom stereocenters. The molecular formula is C12H12N2O2. The number of aryl methyl sites for hydroxylation is 2. The highest BCUT2D eigenvalue weighted by molar-refractivity contribution is 5.73. The van der Waals surface area contributed by atoms with Gasteiger partial charge in [-0.15, -0.1) is 0 Å². The van der Waals surface area contributed by atoms with E-state index >= 15 is 0 Å². The third-order valence-corrected chi connectivity index (χ3v) is 2.71. The van der Waals surface area contributed by atoms with Crippen molar-refractivity contribution in [2.75, 3.05) is 6.79 Å². The minimum absolute atomic E-state index is 0.292. The van der Waals surface area contributed by atoms with Crippen LogP contribution in [0.15, 0.2) is 18.3 Å². The summed E-state index contributed by atoms with van der Waals surface area (Å²) in [4.78, 5) is 7.38. The van der Waals surface area contributed by atoms with E-state index in [0.29, 0.717) is 6.79 Å². The first-order valence-electron chi connectivity index (χ1n) is 5.17. The number of hydrogen-bond donors (Lipinski definition) is 1. The van der Waals surface area contributed by atoms with E-state index in [1.165, 1.54) is 0 Å². The Balaban J connectivity index is 2.19. The van der Waals surface area contributed by atoms with E-state index in [4.69, 9.17) is 9.47 Å². The summed E-state index contributed by atoms with van der Waals surface area (Å²) in [7, 11) is 0. The molecule has 0 radical (unpaired) electrons. The molecule has 0 spiro atoms. The highest BCUT2D eigenvalue weighted by Gasteiger charge is 2.21. The van der Waals surface area contributed by atoms with Crippen molar-refractivity contribution in [1.82, 2.24) is 9.97 Å². The van der Waals surface area contributed by atoms with Gasteiger partial charge in [0.15, 0.2) is 11.5 Å². The number of fused-ring (bicyclic) bond motifs is 1. The van der Waals surface area contributed by atoms with Gasteiger partial charge < -0.3 is 14.5 Å². The molecule has 1 aliphatic heterocycles. The first-order valence-corrected chi connectivity index (χ1v) is 5.17. The molecule has 0 fully saturated rings. The number of imidazole rings is 1. The van der Waals surface area contributed by atoms with Crippen LogP contribution in [0.1, 0.15) is 11.4 Å². The van der Waals surface area contributed by atoms with Crippen LogP contribution in [0.5, 0.6) is 11.5 Å². The molecule has 0 saturated heterocycles. The molecule has 0 aliphatic carbocycles. The van der Waals surface area contributed by atoms with Crippen molar-refractivity contribution in [2.45, 2.75) is 13.8 Å². The molecule has 1 N–H and O–H groups in total. The van der Waals surface area contributed by atoms with E-state index in [9.17, 15) is 0 Å². The van der Waals surface area contributed by atoms with E-state index in [0.717, 1.165) is 34.1 Å². The lowest BCUT2D eigenvalue weighted by Crippen LogP contribution is -1.93. The third kappa shape index (κ3) is 1.26. The van der Waals surface area contributed by atoms with E-state index < -0.39 is 0 Å². The van der Waals surface area contributed by atoms with Gasteiger partial charge in [-0.3, -0.25) is 0 Å². The molecule has 0 atom stereocenters. The van der Waals surface area contributed by atoms with Gasteiger partial charge in [-0.25, -0.2) is 4.98 Å². The fraction of sp³-hybridized carbons (Fsp3) is 0.250. The molecule has 1 aromatic carbocycles. The van der Waals surface area contributed by atoms with Gasteiger partial charge >= 0.3 is 0 Å². The summed E-state index contributed by atoms with van der Waals surface area (Å²) in [6.45, 7) is 4.23.